The lowest BCUT2D eigenvalue weighted by Gasteiger charge is -2.24. The second kappa shape index (κ2) is 6.01. The smallest absolute Gasteiger partial charge is 0.0146 e. The van der Waals surface area contributed by atoms with Crippen LogP contribution in [-0.4, -0.2) is 0 Å². The predicted octanol–water partition coefficient (Wildman–Crippen LogP) is 4.73. The lowest BCUT2D eigenvalue weighted by molar-refractivity contribution is 0.360. The van der Waals surface area contributed by atoms with E-state index in [0.29, 0.717) is 5.41 Å². The Morgan fingerprint density at radius 3 is 2.31 bits per heavy atom. The van der Waals surface area contributed by atoms with Crippen molar-refractivity contribution in [2.45, 2.75) is 53.4 Å². The van der Waals surface area contributed by atoms with Gasteiger partial charge in [-0.2, -0.15) is 0 Å². The fraction of sp³-hybridized carbons (Fsp3) is 0.692. The molecule has 0 aliphatic heterocycles. The summed E-state index contributed by atoms with van der Waals surface area (Å²) in [6, 6.07) is 0. The van der Waals surface area contributed by atoms with Crippen molar-refractivity contribution in [3.8, 4) is 0 Å². The summed E-state index contributed by atoms with van der Waals surface area (Å²) >= 11 is 0. The van der Waals surface area contributed by atoms with E-state index >= 15 is 0 Å². The van der Waals surface area contributed by atoms with Gasteiger partial charge in [-0.25, -0.2) is 0 Å². The fourth-order valence-electron chi connectivity index (χ4n) is 1.59. The number of hydrogen-bond acceptors (Lipinski definition) is 0. The van der Waals surface area contributed by atoms with Gasteiger partial charge in [-0.15, -0.1) is 6.58 Å². The van der Waals surface area contributed by atoms with Gasteiger partial charge in [0.2, 0.25) is 0 Å². The zero-order valence-electron chi connectivity index (χ0n) is 9.69. The Kier molecular flexibility index (Phi) is 5.77. The molecule has 0 bridgehead atoms. The van der Waals surface area contributed by atoms with Crippen LogP contribution in [0, 0.1) is 5.41 Å². The molecule has 0 rings (SSSR count). The van der Waals surface area contributed by atoms with Crippen LogP contribution in [-0.2, 0) is 0 Å². The first-order chi connectivity index (χ1) is 6.04. The Morgan fingerprint density at radius 1 is 1.31 bits per heavy atom. The normalized spacial score (nSPS) is 14.8. The van der Waals surface area contributed by atoms with Gasteiger partial charge in [0, 0.05) is 0 Å². The molecule has 0 aromatic heterocycles. The lowest BCUT2D eigenvalue weighted by Crippen LogP contribution is -2.11. The molecule has 0 aromatic rings. The van der Waals surface area contributed by atoms with E-state index < -0.39 is 0 Å². The van der Waals surface area contributed by atoms with E-state index in [9.17, 15) is 0 Å². The summed E-state index contributed by atoms with van der Waals surface area (Å²) in [5, 5.41) is 0. The van der Waals surface area contributed by atoms with Gasteiger partial charge in [0.15, 0.2) is 0 Å². The van der Waals surface area contributed by atoms with Crippen molar-refractivity contribution in [3.05, 3.63) is 24.3 Å². The molecule has 0 radical (unpaired) electrons. The van der Waals surface area contributed by atoms with E-state index in [-0.39, 0.29) is 0 Å². The van der Waals surface area contributed by atoms with Crippen LogP contribution >= 0.6 is 0 Å². The molecule has 0 N–H and O–H groups in total. The van der Waals surface area contributed by atoms with Gasteiger partial charge in [-0.1, -0.05) is 38.0 Å². The monoisotopic (exact) mass is 180 g/mol. The standard InChI is InChI=1S/C13H24/c1-6-10-13(5,7-2)11-8-9-12(3)4/h7,9H,2,6,8,10-11H2,1,3-5H3. The highest BCUT2D eigenvalue weighted by Crippen LogP contribution is 2.30. The summed E-state index contributed by atoms with van der Waals surface area (Å²) in [5.41, 5.74) is 1.77. The van der Waals surface area contributed by atoms with E-state index in [1.807, 2.05) is 0 Å². The third kappa shape index (κ3) is 5.68. The van der Waals surface area contributed by atoms with Gasteiger partial charge in [-0.3, -0.25) is 0 Å². The molecule has 0 spiro atoms. The highest BCUT2D eigenvalue weighted by molar-refractivity contribution is 4.97. The molecular formula is C13H24. The van der Waals surface area contributed by atoms with Crippen LogP contribution in [0.1, 0.15) is 53.4 Å². The van der Waals surface area contributed by atoms with Crippen LogP contribution in [0.4, 0.5) is 0 Å². The van der Waals surface area contributed by atoms with Crippen molar-refractivity contribution in [2.75, 3.05) is 0 Å². The van der Waals surface area contributed by atoms with Gasteiger partial charge in [0.1, 0.15) is 0 Å². The largest absolute Gasteiger partial charge is 0.103 e. The average molecular weight is 180 g/mol. The Hall–Kier alpha value is -0.520. The molecule has 0 heterocycles. The number of allylic oxidation sites excluding steroid dienone is 3. The van der Waals surface area contributed by atoms with Crippen molar-refractivity contribution in [1.29, 1.82) is 0 Å². The van der Waals surface area contributed by atoms with Crippen LogP contribution in [0.2, 0.25) is 0 Å². The quantitative estimate of drug-likeness (QED) is 0.519. The Balaban J connectivity index is 3.97. The van der Waals surface area contributed by atoms with Crippen molar-refractivity contribution in [1.82, 2.24) is 0 Å². The molecule has 0 saturated heterocycles. The molecule has 0 heteroatoms. The van der Waals surface area contributed by atoms with Gasteiger partial charge < -0.3 is 0 Å². The Bertz CT molecular complexity index is 172. The van der Waals surface area contributed by atoms with Gasteiger partial charge in [-0.05, 0) is 38.5 Å². The van der Waals surface area contributed by atoms with Crippen LogP contribution in [0.3, 0.4) is 0 Å². The van der Waals surface area contributed by atoms with Crippen molar-refractivity contribution in [2.24, 2.45) is 5.41 Å². The SMILES string of the molecule is C=CC(C)(CCC)CCC=C(C)C. The summed E-state index contributed by atoms with van der Waals surface area (Å²) in [4.78, 5) is 0. The van der Waals surface area contributed by atoms with Crippen molar-refractivity contribution >= 4 is 0 Å². The first-order valence-electron chi connectivity index (χ1n) is 5.31. The summed E-state index contributed by atoms with van der Waals surface area (Å²) in [6.45, 7) is 12.8. The zero-order chi connectivity index (χ0) is 10.3. The highest BCUT2D eigenvalue weighted by atomic mass is 14.2. The summed E-state index contributed by atoms with van der Waals surface area (Å²) in [6.07, 6.45) is 9.36. The number of rotatable bonds is 6. The molecule has 1 atom stereocenters. The topological polar surface area (TPSA) is 0 Å². The Labute approximate surface area is 83.7 Å². The molecular weight excluding hydrogens is 156 g/mol. The maximum atomic E-state index is 3.93. The maximum absolute atomic E-state index is 3.93. The molecule has 0 amide bonds. The third-order valence-electron chi connectivity index (χ3n) is 2.58. The molecule has 0 aliphatic rings. The minimum atomic E-state index is 0.348. The molecule has 1 unspecified atom stereocenters. The van der Waals surface area contributed by atoms with Crippen LogP contribution in [0.25, 0.3) is 0 Å². The predicted molar refractivity (Wildman–Crippen MR) is 61.9 cm³/mol. The average Bonchev–Trinajstić information content (AvgIpc) is 2.04. The maximum Gasteiger partial charge on any atom is -0.0146 e. The summed E-state index contributed by atoms with van der Waals surface area (Å²) < 4.78 is 0. The van der Waals surface area contributed by atoms with Crippen LogP contribution in [0.15, 0.2) is 24.3 Å². The summed E-state index contributed by atoms with van der Waals surface area (Å²) in [7, 11) is 0. The molecule has 0 aliphatic carbocycles. The van der Waals surface area contributed by atoms with E-state index in [0.717, 1.165) is 0 Å². The van der Waals surface area contributed by atoms with Gasteiger partial charge in [0.05, 0.1) is 0 Å². The summed E-state index contributed by atoms with van der Waals surface area (Å²) in [5.74, 6) is 0. The van der Waals surface area contributed by atoms with E-state index in [1.54, 1.807) is 0 Å². The van der Waals surface area contributed by atoms with E-state index in [4.69, 9.17) is 0 Å². The Morgan fingerprint density at radius 2 is 1.92 bits per heavy atom. The highest BCUT2D eigenvalue weighted by Gasteiger charge is 2.17. The van der Waals surface area contributed by atoms with Crippen molar-refractivity contribution < 1.29 is 0 Å². The lowest BCUT2D eigenvalue weighted by atomic mass is 9.81. The van der Waals surface area contributed by atoms with Crippen molar-refractivity contribution in [3.63, 3.8) is 0 Å². The van der Waals surface area contributed by atoms with Crippen LogP contribution < -0.4 is 0 Å². The van der Waals surface area contributed by atoms with Crippen LogP contribution in [0.5, 0.6) is 0 Å². The first kappa shape index (κ1) is 12.5. The molecule has 0 fully saturated rings. The fourth-order valence-corrected chi connectivity index (χ4v) is 1.59. The van der Waals surface area contributed by atoms with E-state index in [1.165, 1.54) is 31.3 Å². The second-order valence-electron chi connectivity index (χ2n) is 4.43. The second-order valence-corrected chi connectivity index (χ2v) is 4.43. The molecule has 76 valence electrons. The minimum Gasteiger partial charge on any atom is -0.103 e. The first-order valence-corrected chi connectivity index (χ1v) is 5.31. The zero-order valence-corrected chi connectivity index (χ0v) is 9.69. The van der Waals surface area contributed by atoms with E-state index in [2.05, 4.69) is 46.4 Å². The molecule has 13 heavy (non-hydrogen) atoms. The molecule has 0 nitrogen and oxygen atoms in total. The third-order valence-corrected chi connectivity index (χ3v) is 2.58. The molecule has 0 saturated carbocycles. The molecule has 0 aromatic carbocycles. The minimum absolute atomic E-state index is 0.348. The number of hydrogen-bond donors (Lipinski definition) is 0. The van der Waals surface area contributed by atoms with Gasteiger partial charge in [0.25, 0.3) is 0 Å². The van der Waals surface area contributed by atoms with Gasteiger partial charge >= 0.3 is 0 Å².